The smallest absolute Gasteiger partial charge is 0.0457 e. The third kappa shape index (κ3) is 3.20. The molecule has 0 unspecified atom stereocenters. The van der Waals surface area contributed by atoms with Crippen molar-refractivity contribution < 1.29 is 0 Å². The highest BCUT2D eigenvalue weighted by atomic mass is 32.1. The van der Waals surface area contributed by atoms with Crippen molar-refractivity contribution in [2.75, 3.05) is 13.1 Å². The average molecular weight is 298 g/mol. The fourth-order valence-electron chi connectivity index (χ4n) is 2.75. The molecule has 0 aliphatic rings. The molecule has 0 saturated heterocycles. The van der Waals surface area contributed by atoms with E-state index in [9.17, 15) is 0 Å². The molecule has 1 atom stereocenters. The van der Waals surface area contributed by atoms with Gasteiger partial charge in [-0.2, -0.15) is 0 Å². The molecule has 0 aliphatic heterocycles. The zero-order chi connectivity index (χ0) is 14.7. The van der Waals surface area contributed by atoms with E-state index in [-0.39, 0.29) is 0 Å². The summed E-state index contributed by atoms with van der Waals surface area (Å²) < 4.78 is 0. The van der Waals surface area contributed by atoms with Gasteiger partial charge in [0.2, 0.25) is 0 Å². The number of aromatic amines is 1. The molecule has 3 heteroatoms. The first-order chi connectivity index (χ1) is 10.3. The highest BCUT2D eigenvalue weighted by Gasteiger charge is 2.18. The molecule has 3 rings (SSSR count). The summed E-state index contributed by atoms with van der Waals surface area (Å²) in [7, 11) is 0. The predicted molar refractivity (Wildman–Crippen MR) is 92.2 cm³/mol. The van der Waals surface area contributed by atoms with Crippen molar-refractivity contribution in [1.29, 1.82) is 0 Å². The SMILES string of the molecule is CC(C)CNC[C@@H](c1cccs1)c1c[nH]c2ccccc12. The van der Waals surface area contributed by atoms with Crippen molar-refractivity contribution in [2.45, 2.75) is 19.8 Å². The average Bonchev–Trinajstić information content (AvgIpc) is 3.13. The Bertz CT molecular complexity index is 682. The monoisotopic (exact) mass is 298 g/mol. The lowest BCUT2D eigenvalue weighted by Gasteiger charge is -2.17. The number of hydrogen-bond acceptors (Lipinski definition) is 2. The van der Waals surface area contributed by atoms with Gasteiger partial charge in [-0.05, 0) is 35.5 Å². The lowest BCUT2D eigenvalue weighted by Crippen LogP contribution is -2.25. The van der Waals surface area contributed by atoms with Gasteiger partial charge in [0.1, 0.15) is 0 Å². The topological polar surface area (TPSA) is 27.8 Å². The molecule has 1 aromatic carbocycles. The van der Waals surface area contributed by atoms with Crippen LogP contribution in [0.3, 0.4) is 0 Å². The molecular formula is C18H22N2S. The van der Waals surface area contributed by atoms with Gasteiger partial charge < -0.3 is 10.3 Å². The van der Waals surface area contributed by atoms with E-state index in [4.69, 9.17) is 0 Å². The van der Waals surface area contributed by atoms with Gasteiger partial charge in [0, 0.05) is 34.4 Å². The Balaban J connectivity index is 1.91. The summed E-state index contributed by atoms with van der Waals surface area (Å²) in [6.45, 7) is 6.54. The first kappa shape index (κ1) is 14.4. The van der Waals surface area contributed by atoms with E-state index in [1.54, 1.807) is 0 Å². The first-order valence-corrected chi connectivity index (χ1v) is 8.44. The van der Waals surface area contributed by atoms with Crippen molar-refractivity contribution in [3.8, 4) is 0 Å². The molecule has 0 amide bonds. The van der Waals surface area contributed by atoms with Crippen LogP contribution in [-0.4, -0.2) is 18.1 Å². The van der Waals surface area contributed by atoms with E-state index < -0.39 is 0 Å². The Morgan fingerprint density at radius 1 is 1.10 bits per heavy atom. The second kappa shape index (κ2) is 6.46. The number of benzene rings is 1. The number of rotatable bonds is 6. The minimum absolute atomic E-state index is 0.417. The number of H-pyrrole nitrogens is 1. The molecular weight excluding hydrogens is 276 g/mol. The Hall–Kier alpha value is -1.58. The summed E-state index contributed by atoms with van der Waals surface area (Å²) in [6.07, 6.45) is 2.17. The van der Waals surface area contributed by atoms with Crippen molar-refractivity contribution in [3.63, 3.8) is 0 Å². The summed E-state index contributed by atoms with van der Waals surface area (Å²) in [5.41, 5.74) is 2.61. The zero-order valence-corrected chi connectivity index (χ0v) is 13.4. The number of aromatic nitrogens is 1. The van der Waals surface area contributed by atoms with E-state index >= 15 is 0 Å². The molecule has 0 saturated carbocycles. The van der Waals surface area contributed by atoms with Crippen LogP contribution in [0, 0.1) is 5.92 Å². The zero-order valence-electron chi connectivity index (χ0n) is 12.6. The maximum Gasteiger partial charge on any atom is 0.0457 e. The van der Waals surface area contributed by atoms with Gasteiger partial charge in [0.25, 0.3) is 0 Å². The highest BCUT2D eigenvalue weighted by Crippen LogP contribution is 2.32. The molecule has 2 heterocycles. The molecule has 2 nitrogen and oxygen atoms in total. The third-order valence-corrected chi connectivity index (χ3v) is 4.77. The lowest BCUT2D eigenvalue weighted by atomic mass is 9.96. The van der Waals surface area contributed by atoms with E-state index in [0.29, 0.717) is 11.8 Å². The molecule has 0 spiro atoms. The molecule has 0 bridgehead atoms. The van der Waals surface area contributed by atoms with E-state index in [1.165, 1.54) is 21.3 Å². The van der Waals surface area contributed by atoms with E-state index in [1.807, 2.05) is 11.3 Å². The molecule has 2 N–H and O–H groups in total. The van der Waals surface area contributed by atoms with Gasteiger partial charge in [0.15, 0.2) is 0 Å². The molecule has 0 fully saturated rings. The number of fused-ring (bicyclic) bond motifs is 1. The summed E-state index contributed by atoms with van der Waals surface area (Å²) in [4.78, 5) is 4.83. The van der Waals surface area contributed by atoms with Gasteiger partial charge in [-0.25, -0.2) is 0 Å². The molecule has 110 valence electrons. The van der Waals surface area contributed by atoms with Gasteiger partial charge in [-0.1, -0.05) is 38.1 Å². The van der Waals surface area contributed by atoms with Crippen LogP contribution in [-0.2, 0) is 0 Å². The maximum atomic E-state index is 3.62. The minimum atomic E-state index is 0.417. The Kier molecular flexibility index (Phi) is 4.42. The Labute approximate surface area is 130 Å². The largest absolute Gasteiger partial charge is 0.361 e. The van der Waals surface area contributed by atoms with Crippen molar-refractivity contribution in [2.24, 2.45) is 5.92 Å². The van der Waals surface area contributed by atoms with Crippen molar-refractivity contribution >= 4 is 22.2 Å². The summed E-state index contributed by atoms with van der Waals surface area (Å²) in [5, 5.41) is 7.12. The van der Waals surface area contributed by atoms with Crippen LogP contribution in [0.1, 0.15) is 30.2 Å². The van der Waals surface area contributed by atoms with Gasteiger partial charge in [-0.3, -0.25) is 0 Å². The quantitative estimate of drug-likeness (QED) is 0.683. The van der Waals surface area contributed by atoms with Gasteiger partial charge in [-0.15, -0.1) is 11.3 Å². The van der Waals surface area contributed by atoms with Crippen LogP contribution in [0.15, 0.2) is 48.0 Å². The second-order valence-electron chi connectivity index (χ2n) is 5.91. The molecule has 3 aromatic rings. The Morgan fingerprint density at radius 2 is 1.95 bits per heavy atom. The fourth-order valence-corrected chi connectivity index (χ4v) is 3.60. The first-order valence-electron chi connectivity index (χ1n) is 7.56. The number of nitrogens with one attached hydrogen (secondary N) is 2. The van der Waals surface area contributed by atoms with E-state index in [0.717, 1.165) is 13.1 Å². The van der Waals surface area contributed by atoms with Crippen LogP contribution in [0.2, 0.25) is 0 Å². The molecule has 21 heavy (non-hydrogen) atoms. The lowest BCUT2D eigenvalue weighted by molar-refractivity contribution is 0.539. The summed E-state index contributed by atoms with van der Waals surface area (Å²) in [6, 6.07) is 12.9. The van der Waals surface area contributed by atoms with E-state index in [2.05, 4.69) is 72.1 Å². The summed E-state index contributed by atoms with van der Waals surface area (Å²) in [5.74, 6) is 1.09. The predicted octanol–water partition coefficient (Wildman–Crippen LogP) is 4.61. The van der Waals surface area contributed by atoms with Crippen LogP contribution in [0.25, 0.3) is 10.9 Å². The third-order valence-electron chi connectivity index (χ3n) is 3.78. The Morgan fingerprint density at radius 3 is 2.71 bits per heavy atom. The van der Waals surface area contributed by atoms with Crippen LogP contribution in [0.4, 0.5) is 0 Å². The van der Waals surface area contributed by atoms with Crippen LogP contribution in [0.5, 0.6) is 0 Å². The maximum absolute atomic E-state index is 3.62. The van der Waals surface area contributed by atoms with Gasteiger partial charge in [0.05, 0.1) is 0 Å². The van der Waals surface area contributed by atoms with Crippen LogP contribution < -0.4 is 5.32 Å². The number of thiophene rings is 1. The number of para-hydroxylation sites is 1. The van der Waals surface area contributed by atoms with Crippen molar-refractivity contribution in [1.82, 2.24) is 10.3 Å². The minimum Gasteiger partial charge on any atom is -0.361 e. The van der Waals surface area contributed by atoms with Crippen molar-refractivity contribution in [3.05, 3.63) is 58.4 Å². The highest BCUT2D eigenvalue weighted by molar-refractivity contribution is 7.10. The molecule has 0 aliphatic carbocycles. The molecule has 2 aromatic heterocycles. The summed E-state index contributed by atoms with van der Waals surface area (Å²) >= 11 is 1.84. The fraction of sp³-hybridized carbons (Fsp3) is 0.333. The van der Waals surface area contributed by atoms with Gasteiger partial charge >= 0.3 is 0 Å². The van der Waals surface area contributed by atoms with Crippen LogP contribution >= 0.6 is 11.3 Å². The number of hydrogen-bond donors (Lipinski definition) is 2. The molecule has 0 radical (unpaired) electrons. The second-order valence-corrected chi connectivity index (χ2v) is 6.89. The normalized spacial score (nSPS) is 13.1. The standard InChI is InChI=1S/C18H22N2S/c1-13(2)10-19-11-16(18-8-5-9-21-18)15-12-20-17-7-4-3-6-14(15)17/h3-9,12-13,16,19-20H,10-11H2,1-2H3/t16-/m1/s1.